The number of hydrogen-bond acceptors (Lipinski definition) is 2. The summed E-state index contributed by atoms with van der Waals surface area (Å²) in [6, 6.07) is 10.6. The lowest BCUT2D eigenvalue weighted by Crippen LogP contribution is -2.22. The molecule has 1 N–H and O–H groups in total. The standard InChI is InChI=1S/C18H11Cl2F3N2O2/c19-13-6-5-10(7-14(13)20)24-16(26)9-25-8-12(17(27)18(21,22)23)11-3-1-2-4-15(11)25/h1-8H,9H2,(H,24,26). The van der Waals surface area contributed by atoms with Gasteiger partial charge in [0.05, 0.1) is 15.6 Å². The Morgan fingerprint density at radius 3 is 2.41 bits per heavy atom. The molecule has 1 heterocycles. The van der Waals surface area contributed by atoms with Gasteiger partial charge in [-0.25, -0.2) is 0 Å². The second-order valence-corrected chi connectivity index (χ2v) is 6.51. The maximum Gasteiger partial charge on any atom is 0.454 e. The van der Waals surface area contributed by atoms with Crippen molar-refractivity contribution >= 4 is 51.5 Å². The highest BCUT2D eigenvalue weighted by Crippen LogP contribution is 2.29. The lowest BCUT2D eigenvalue weighted by molar-refractivity contribution is -0.116. The number of ketones is 1. The predicted octanol–water partition coefficient (Wildman–Crippen LogP) is 5.33. The Morgan fingerprint density at radius 2 is 1.74 bits per heavy atom. The van der Waals surface area contributed by atoms with Crippen LogP contribution in [-0.2, 0) is 11.3 Å². The third kappa shape index (κ3) is 4.09. The van der Waals surface area contributed by atoms with Crippen LogP contribution < -0.4 is 5.32 Å². The number of aromatic nitrogens is 1. The van der Waals surface area contributed by atoms with E-state index in [2.05, 4.69) is 5.32 Å². The number of carbonyl (C=O) groups excluding carboxylic acids is 2. The van der Waals surface area contributed by atoms with Crippen molar-refractivity contribution < 1.29 is 22.8 Å². The minimum atomic E-state index is -5.00. The molecule has 3 rings (SSSR count). The molecule has 3 aromatic rings. The summed E-state index contributed by atoms with van der Waals surface area (Å²) < 4.78 is 39.8. The Balaban J connectivity index is 1.89. The average molecular weight is 415 g/mol. The number of nitrogens with zero attached hydrogens (tertiary/aromatic N) is 1. The van der Waals surface area contributed by atoms with E-state index in [-0.39, 0.29) is 17.0 Å². The minimum Gasteiger partial charge on any atom is -0.337 e. The van der Waals surface area contributed by atoms with E-state index in [1.54, 1.807) is 12.1 Å². The monoisotopic (exact) mass is 414 g/mol. The Hall–Kier alpha value is -2.51. The van der Waals surface area contributed by atoms with Crippen LogP contribution >= 0.6 is 23.2 Å². The summed E-state index contributed by atoms with van der Waals surface area (Å²) in [7, 11) is 0. The van der Waals surface area contributed by atoms with Gasteiger partial charge in [0.15, 0.2) is 0 Å². The Morgan fingerprint density at radius 1 is 1.04 bits per heavy atom. The molecule has 0 spiro atoms. The van der Waals surface area contributed by atoms with Crippen molar-refractivity contribution in [3.63, 3.8) is 0 Å². The molecule has 0 fully saturated rings. The van der Waals surface area contributed by atoms with Crippen LogP contribution in [0.3, 0.4) is 0 Å². The van der Waals surface area contributed by atoms with Crippen molar-refractivity contribution in [3.8, 4) is 0 Å². The molecule has 0 radical (unpaired) electrons. The van der Waals surface area contributed by atoms with Gasteiger partial charge in [-0.3, -0.25) is 9.59 Å². The molecule has 0 atom stereocenters. The van der Waals surface area contributed by atoms with Crippen LogP contribution in [0.25, 0.3) is 10.9 Å². The highest BCUT2D eigenvalue weighted by Gasteiger charge is 2.40. The van der Waals surface area contributed by atoms with Crippen molar-refractivity contribution in [2.75, 3.05) is 5.32 Å². The molecule has 0 aliphatic rings. The van der Waals surface area contributed by atoms with E-state index >= 15 is 0 Å². The lowest BCUT2D eigenvalue weighted by atomic mass is 10.1. The van der Waals surface area contributed by atoms with Crippen molar-refractivity contribution in [3.05, 3.63) is 64.3 Å². The van der Waals surface area contributed by atoms with Gasteiger partial charge in [0.1, 0.15) is 6.54 Å². The maximum atomic E-state index is 12.8. The Kier molecular flexibility index (Phi) is 5.17. The first-order valence-corrected chi connectivity index (χ1v) is 8.36. The van der Waals surface area contributed by atoms with Crippen molar-refractivity contribution in [2.24, 2.45) is 0 Å². The molecular weight excluding hydrogens is 404 g/mol. The minimum absolute atomic E-state index is 0.127. The molecule has 9 heteroatoms. The number of Topliss-reactive ketones (excluding diaryl/α,β-unsaturated/α-hetero) is 1. The number of nitrogens with one attached hydrogen (secondary N) is 1. The summed E-state index contributed by atoms with van der Waals surface area (Å²) >= 11 is 11.7. The molecule has 0 saturated carbocycles. The molecule has 1 amide bonds. The average Bonchev–Trinajstić information content (AvgIpc) is 2.95. The summed E-state index contributed by atoms with van der Waals surface area (Å²) in [5.41, 5.74) is 0.229. The van der Waals surface area contributed by atoms with E-state index in [4.69, 9.17) is 23.2 Å². The van der Waals surface area contributed by atoms with E-state index in [1.165, 1.54) is 34.9 Å². The first-order valence-electron chi connectivity index (χ1n) is 7.61. The predicted molar refractivity (Wildman–Crippen MR) is 97.4 cm³/mol. The van der Waals surface area contributed by atoms with Crippen molar-refractivity contribution in [1.29, 1.82) is 0 Å². The molecule has 0 aliphatic carbocycles. The van der Waals surface area contributed by atoms with Gasteiger partial charge in [-0.1, -0.05) is 41.4 Å². The van der Waals surface area contributed by atoms with Crippen molar-refractivity contribution in [2.45, 2.75) is 12.7 Å². The number of rotatable bonds is 4. The van der Waals surface area contributed by atoms with Gasteiger partial charge < -0.3 is 9.88 Å². The topological polar surface area (TPSA) is 51.1 Å². The molecule has 1 aromatic heterocycles. The van der Waals surface area contributed by atoms with Crippen LogP contribution in [0.1, 0.15) is 10.4 Å². The van der Waals surface area contributed by atoms with Crippen LogP contribution in [-0.4, -0.2) is 22.4 Å². The fraction of sp³-hybridized carbons (Fsp3) is 0.111. The smallest absolute Gasteiger partial charge is 0.337 e. The van der Waals surface area contributed by atoms with E-state index in [0.717, 1.165) is 6.20 Å². The second kappa shape index (κ2) is 7.25. The van der Waals surface area contributed by atoms with E-state index in [1.807, 2.05) is 0 Å². The van der Waals surface area contributed by atoms with Crippen LogP contribution in [0.4, 0.5) is 18.9 Å². The van der Waals surface area contributed by atoms with E-state index in [9.17, 15) is 22.8 Å². The Bertz CT molecular complexity index is 1040. The fourth-order valence-corrected chi connectivity index (χ4v) is 2.94. The molecule has 4 nitrogen and oxygen atoms in total. The van der Waals surface area contributed by atoms with Gasteiger partial charge in [-0.15, -0.1) is 0 Å². The summed E-state index contributed by atoms with van der Waals surface area (Å²) in [6.07, 6.45) is -3.97. The second-order valence-electron chi connectivity index (χ2n) is 5.69. The van der Waals surface area contributed by atoms with Gasteiger partial charge in [0.2, 0.25) is 5.91 Å². The number of anilines is 1. The summed E-state index contributed by atoms with van der Waals surface area (Å²) in [5, 5.41) is 3.28. The normalized spacial score (nSPS) is 11.6. The van der Waals surface area contributed by atoms with Gasteiger partial charge in [0.25, 0.3) is 5.78 Å². The zero-order valence-electron chi connectivity index (χ0n) is 13.5. The summed E-state index contributed by atoms with van der Waals surface area (Å²) in [4.78, 5) is 24.0. The highest BCUT2D eigenvalue weighted by molar-refractivity contribution is 6.42. The molecule has 0 aliphatic heterocycles. The van der Waals surface area contributed by atoms with E-state index in [0.29, 0.717) is 16.2 Å². The van der Waals surface area contributed by atoms with Gasteiger partial charge in [-0.05, 0) is 24.3 Å². The van der Waals surface area contributed by atoms with Crippen LogP contribution in [0.5, 0.6) is 0 Å². The van der Waals surface area contributed by atoms with Crippen molar-refractivity contribution in [1.82, 2.24) is 4.57 Å². The third-order valence-electron chi connectivity index (χ3n) is 3.81. The van der Waals surface area contributed by atoms with Gasteiger partial charge in [0, 0.05) is 22.8 Å². The zero-order chi connectivity index (χ0) is 19.8. The SMILES string of the molecule is O=C(Cn1cc(C(=O)C(F)(F)F)c2ccccc21)Nc1ccc(Cl)c(Cl)c1. The molecule has 0 bridgehead atoms. The van der Waals surface area contributed by atoms with Crippen LogP contribution in [0.2, 0.25) is 10.0 Å². The number of fused-ring (bicyclic) bond motifs is 1. The molecule has 140 valence electrons. The number of hydrogen-bond donors (Lipinski definition) is 1. The molecule has 0 saturated heterocycles. The third-order valence-corrected chi connectivity index (χ3v) is 4.55. The number of benzene rings is 2. The first kappa shape index (κ1) is 19.3. The number of alkyl halides is 3. The number of amides is 1. The number of para-hydroxylation sites is 1. The molecule has 0 unspecified atom stereocenters. The Labute approximate surface area is 161 Å². The fourth-order valence-electron chi connectivity index (χ4n) is 2.64. The van der Waals surface area contributed by atoms with Gasteiger partial charge >= 0.3 is 6.18 Å². The molecular formula is C18H11Cl2F3N2O2. The summed E-state index contributed by atoms with van der Waals surface area (Å²) in [5.74, 6) is -2.46. The van der Waals surface area contributed by atoms with Gasteiger partial charge in [-0.2, -0.15) is 13.2 Å². The van der Waals surface area contributed by atoms with Crippen LogP contribution in [0.15, 0.2) is 48.7 Å². The quantitative estimate of drug-likeness (QED) is 0.586. The highest BCUT2D eigenvalue weighted by atomic mass is 35.5. The molecule has 27 heavy (non-hydrogen) atoms. The first-order chi connectivity index (χ1) is 12.7. The number of halogens is 5. The molecule has 2 aromatic carbocycles. The summed E-state index contributed by atoms with van der Waals surface area (Å²) in [6.45, 7) is -0.286. The van der Waals surface area contributed by atoms with Crippen LogP contribution in [0, 0.1) is 0 Å². The zero-order valence-corrected chi connectivity index (χ0v) is 15.0. The maximum absolute atomic E-state index is 12.8. The lowest BCUT2D eigenvalue weighted by Gasteiger charge is -2.08. The number of carbonyl (C=O) groups is 2. The largest absolute Gasteiger partial charge is 0.454 e. The van der Waals surface area contributed by atoms with E-state index < -0.39 is 23.4 Å².